The van der Waals surface area contributed by atoms with Crippen molar-refractivity contribution in [2.75, 3.05) is 13.1 Å². The number of rotatable bonds is 5. The molecule has 0 aromatic heterocycles. The first-order valence-electron chi connectivity index (χ1n) is 7.41. The molecule has 0 saturated heterocycles. The van der Waals surface area contributed by atoms with Gasteiger partial charge in [-0.3, -0.25) is 0 Å². The SMILES string of the molecule is Brc1ccc2c(c1)CC(CNCC1(C3CC3)CC1)O2. The first kappa shape index (κ1) is 12.2. The van der Waals surface area contributed by atoms with Crippen molar-refractivity contribution in [1.29, 1.82) is 0 Å². The minimum absolute atomic E-state index is 0.319. The van der Waals surface area contributed by atoms with E-state index < -0.39 is 0 Å². The van der Waals surface area contributed by atoms with E-state index >= 15 is 0 Å². The second-order valence-electron chi connectivity index (χ2n) is 6.46. The highest BCUT2D eigenvalue weighted by Gasteiger charge is 2.53. The van der Waals surface area contributed by atoms with Crippen molar-refractivity contribution in [2.45, 2.75) is 38.2 Å². The highest BCUT2D eigenvalue weighted by Crippen LogP contribution is 2.60. The lowest BCUT2D eigenvalue weighted by molar-refractivity contribution is 0.221. The fourth-order valence-corrected chi connectivity index (χ4v) is 3.88. The van der Waals surface area contributed by atoms with Crippen LogP contribution in [-0.4, -0.2) is 19.2 Å². The third kappa shape index (κ3) is 2.43. The van der Waals surface area contributed by atoms with Crippen molar-refractivity contribution >= 4 is 15.9 Å². The summed E-state index contributed by atoms with van der Waals surface area (Å²) in [6, 6.07) is 6.31. The van der Waals surface area contributed by atoms with Gasteiger partial charge in [0.2, 0.25) is 0 Å². The zero-order chi connectivity index (χ0) is 12.9. The molecule has 2 aliphatic carbocycles. The maximum absolute atomic E-state index is 5.99. The summed E-state index contributed by atoms with van der Waals surface area (Å²) in [6.07, 6.45) is 7.20. The van der Waals surface area contributed by atoms with Gasteiger partial charge in [0.15, 0.2) is 0 Å². The van der Waals surface area contributed by atoms with Crippen LogP contribution in [0.1, 0.15) is 31.2 Å². The average molecular weight is 322 g/mol. The van der Waals surface area contributed by atoms with Crippen molar-refractivity contribution in [3.8, 4) is 5.75 Å². The first-order chi connectivity index (χ1) is 9.25. The monoisotopic (exact) mass is 321 g/mol. The number of fused-ring (bicyclic) bond motifs is 1. The molecule has 0 radical (unpaired) electrons. The van der Waals surface area contributed by atoms with Gasteiger partial charge in [-0.1, -0.05) is 15.9 Å². The van der Waals surface area contributed by atoms with Crippen LogP contribution in [0.2, 0.25) is 0 Å². The number of halogens is 1. The second-order valence-corrected chi connectivity index (χ2v) is 7.38. The molecule has 1 heterocycles. The van der Waals surface area contributed by atoms with Gasteiger partial charge in [0.1, 0.15) is 11.9 Å². The number of benzene rings is 1. The van der Waals surface area contributed by atoms with Gasteiger partial charge in [-0.05, 0) is 60.8 Å². The summed E-state index contributed by atoms with van der Waals surface area (Å²) in [7, 11) is 0. The Morgan fingerprint density at radius 1 is 1.32 bits per heavy atom. The van der Waals surface area contributed by atoms with Gasteiger partial charge in [-0.15, -0.1) is 0 Å². The Morgan fingerprint density at radius 2 is 2.16 bits per heavy atom. The third-order valence-electron chi connectivity index (χ3n) is 4.95. The Hall–Kier alpha value is -0.540. The molecular weight excluding hydrogens is 302 g/mol. The highest BCUT2D eigenvalue weighted by atomic mass is 79.9. The maximum Gasteiger partial charge on any atom is 0.123 e. The Balaban J connectivity index is 1.29. The predicted octanol–water partition coefficient (Wildman–Crippen LogP) is 3.53. The van der Waals surface area contributed by atoms with Gasteiger partial charge in [-0.25, -0.2) is 0 Å². The summed E-state index contributed by atoms with van der Waals surface area (Å²) < 4.78 is 7.14. The molecule has 3 aliphatic rings. The van der Waals surface area contributed by atoms with Crippen molar-refractivity contribution < 1.29 is 4.74 Å². The van der Waals surface area contributed by atoms with Crippen molar-refractivity contribution in [3.05, 3.63) is 28.2 Å². The largest absolute Gasteiger partial charge is 0.488 e. The zero-order valence-electron chi connectivity index (χ0n) is 11.1. The van der Waals surface area contributed by atoms with E-state index in [9.17, 15) is 0 Å². The number of hydrogen-bond donors (Lipinski definition) is 1. The van der Waals surface area contributed by atoms with Crippen LogP contribution in [0.3, 0.4) is 0 Å². The Labute approximate surface area is 123 Å². The molecule has 0 spiro atoms. The van der Waals surface area contributed by atoms with Gasteiger partial charge < -0.3 is 10.1 Å². The van der Waals surface area contributed by atoms with E-state index in [4.69, 9.17) is 4.74 Å². The molecule has 19 heavy (non-hydrogen) atoms. The summed E-state index contributed by atoms with van der Waals surface area (Å²) in [5.41, 5.74) is 2.03. The second kappa shape index (κ2) is 4.49. The summed E-state index contributed by atoms with van der Waals surface area (Å²) in [6.45, 7) is 2.19. The molecule has 102 valence electrons. The van der Waals surface area contributed by atoms with Crippen LogP contribution >= 0.6 is 15.9 Å². The molecule has 0 bridgehead atoms. The number of nitrogens with one attached hydrogen (secondary N) is 1. The number of ether oxygens (including phenoxy) is 1. The standard InChI is InChI=1S/C16H20BrNO/c17-13-3-4-15-11(7-13)8-14(19-15)9-18-10-16(5-6-16)12-1-2-12/h3-4,7,12,14,18H,1-2,5-6,8-10H2. The molecule has 1 N–H and O–H groups in total. The van der Waals surface area contributed by atoms with Crippen LogP contribution in [0.5, 0.6) is 5.75 Å². The van der Waals surface area contributed by atoms with Gasteiger partial charge in [0, 0.05) is 24.0 Å². The first-order valence-corrected chi connectivity index (χ1v) is 8.20. The van der Waals surface area contributed by atoms with Crippen molar-refractivity contribution in [3.63, 3.8) is 0 Å². The van der Waals surface area contributed by atoms with Gasteiger partial charge in [0.05, 0.1) is 0 Å². The lowest BCUT2D eigenvalue weighted by Crippen LogP contribution is -2.34. The van der Waals surface area contributed by atoms with Crippen molar-refractivity contribution in [1.82, 2.24) is 5.32 Å². The van der Waals surface area contributed by atoms with E-state index in [-0.39, 0.29) is 0 Å². The third-order valence-corrected chi connectivity index (χ3v) is 5.44. The van der Waals surface area contributed by atoms with Crippen LogP contribution in [0.4, 0.5) is 0 Å². The van der Waals surface area contributed by atoms with Crippen LogP contribution in [0, 0.1) is 11.3 Å². The van der Waals surface area contributed by atoms with E-state index in [1.54, 1.807) is 0 Å². The lowest BCUT2D eigenvalue weighted by Gasteiger charge is -2.17. The summed E-state index contributed by atoms with van der Waals surface area (Å²) in [4.78, 5) is 0. The molecule has 2 nitrogen and oxygen atoms in total. The lowest BCUT2D eigenvalue weighted by atomic mass is 10.0. The molecule has 1 aromatic carbocycles. The quantitative estimate of drug-likeness (QED) is 0.895. The summed E-state index contributed by atoms with van der Waals surface area (Å²) in [5.74, 6) is 2.11. The molecular formula is C16H20BrNO. The van der Waals surface area contributed by atoms with Crippen molar-refractivity contribution in [2.24, 2.45) is 11.3 Å². The summed E-state index contributed by atoms with van der Waals surface area (Å²) >= 11 is 3.52. The Kier molecular flexibility index (Phi) is 2.89. The smallest absolute Gasteiger partial charge is 0.123 e. The molecule has 2 saturated carbocycles. The molecule has 3 heteroatoms. The molecule has 1 aromatic rings. The van der Waals surface area contributed by atoms with E-state index in [2.05, 4.69) is 39.4 Å². The predicted molar refractivity (Wildman–Crippen MR) is 79.5 cm³/mol. The topological polar surface area (TPSA) is 21.3 Å². The Morgan fingerprint density at radius 3 is 2.89 bits per heavy atom. The average Bonchev–Trinajstić information content (AvgIpc) is 3.26. The maximum atomic E-state index is 5.99. The molecule has 1 atom stereocenters. The normalized spacial score (nSPS) is 26.9. The van der Waals surface area contributed by atoms with E-state index in [0.29, 0.717) is 11.5 Å². The van der Waals surface area contributed by atoms with Gasteiger partial charge in [0.25, 0.3) is 0 Å². The minimum Gasteiger partial charge on any atom is -0.488 e. The summed E-state index contributed by atoms with van der Waals surface area (Å²) in [5, 5.41) is 3.66. The van der Waals surface area contributed by atoms with Crippen LogP contribution in [-0.2, 0) is 6.42 Å². The van der Waals surface area contributed by atoms with E-state index in [1.807, 2.05) is 0 Å². The number of hydrogen-bond acceptors (Lipinski definition) is 2. The van der Waals surface area contributed by atoms with E-state index in [0.717, 1.165) is 29.1 Å². The molecule has 4 rings (SSSR count). The molecule has 0 amide bonds. The fourth-order valence-electron chi connectivity index (χ4n) is 3.47. The molecule has 1 unspecified atom stereocenters. The van der Waals surface area contributed by atoms with Crippen LogP contribution < -0.4 is 10.1 Å². The van der Waals surface area contributed by atoms with Gasteiger partial charge >= 0.3 is 0 Å². The van der Waals surface area contributed by atoms with Crippen LogP contribution in [0.25, 0.3) is 0 Å². The zero-order valence-corrected chi connectivity index (χ0v) is 12.7. The Bertz CT molecular complexity index is 494. The van der Waals surface area contributed by atoms with Crippen LogP contribution in [0.15, 0.2) is 22.7 Å². The molecule has 2 fully saturated rings. The van der Waals surface area contributed by atoms with Gasteiger partial charge in [-0.2, -0.15) is 0 Å². The van der Waals surface area contributed by atoms with E-state index in [1.165, 1.54) is 37.8 Å². The highest BCUT2D eigenvalue weighted by molar-refractivity contribution is 9.10. The minimum atomic E-state index is 0.319. The molecule has 1 aliphatic heterocycles. The fraction of sp³-hybridized carbons (Fsp3) is 0.625.